The van der Waals surface area contributed by atoms with Crippen LogP contribution in [0, 0.1) is 0 Å². The smallest absolute Gasteiger partial charge is 0.303 e. The molecule has 0 aromatic heterocycles. The second-order valence-corrected chi connectivity index (χ2v) is 3.39. The van der Waals surface area contributed by atoms with Gasteiger partial charge in [-0.15, -0.1) is 0 Å². The number of carboxylic acid groups (broad SMARTS) is 1. The highest BCUT2D eigenvalue weighted by Crippen LogP contribution is 2.26. The van der Waals surface area contributed by atoms with Gasteiger partial charge in [-0.3, -0.25) is 4.79 Å². The van der Waals surface area contributed by atoms with Crippen molar-refractivity contribution in [1.82, 2.24) is 0 Å². The van der Waals surface area contributed by atoms with Crippen molar-refractivity contribution in [2.75, 3.05) is 0 Å². The van der Waals surface area contributed by atoms with Crippen LogP contribution < -0.4 is 0 Å². The monoisotopic (exact) mass is 218 g/mol. The molecule has 1 N–H and O–H groups in total. The fraction of sp³-hybridized carbons (Fsp3) is 0.222. The number of halogens is 2. The van der Waals surface area contributed by atoms with E-state index in [1.165, 1.54) is 0 Å². The van der Waals surface area contributed by atoms with E-state index in [0.717, 1.165) is 5.56 Å². The van der Waals surface area contributed by atoms with E-state index < -0.39 is 5.97 Å². The van der Waals surface area contributed by atoms with Crippen LogP contribution in [0.5, 0.6) is 0 Å². The summed E-state index contributed by atoms with van der Waals surface area (Å²) in [6.45, 7) is 0. The molecular weight excluding hydrogens is 211 g/mol. The third-order valence-electron chi connectivity index (χ3n) is 1.64. The van der Waals surface area contributed by atoms with Crippen LogP contribution >= 0.6 is 23.2 Å². The summed E-state index contributed by atoms with van der Waals surface area (Å²) in [6, 6.07) is 5.21. The van der Waals surface area contributed by atoms with Gasteiger partial charge >= 0.3 is 5.97 Å². The number of carboxylic acids is 1. The quantitative estimate of drug-likeness (QED) is 0.848. The molecule has 0 fully saturated rings. The highest BCUT2D eigenvalue weighted by atomic mass is 35.5. The first-order chi connectivity index (χ1) is 6.11. The van der Waals surface area contributed by atoms with Gasteiger partial charge in [-0.05, 0) is 18.1 Å². The van der Waals surface area contributed by atoms with E-state index in [1.807, 2.05) is 0 Å². The van der Waals surface area contributed by atoms with E-state index in [4.69, 9.17) is 28.3 Å². The predicted octanol–water partition coefficient (Wildman–Crippen LogP) is 3.01. The van der Waals surface area contributed by atoms with E-state index in [1.54, 1.807) is 18.2 Å². The van der Waals surface area contributed by atoms with Crippen molar-refractivity contribution in [3.05, 3.63) is 33.8 Å². The first-order valence-electron chi connectivity index (χ1n) is 3.76. The van der Waals surface area contributed by atoms with Gasteiger partial charge < -0.3 is 5.11 Å². The van der Waals surface area contributed by atoms with E-state index >= 15 is 0 Å². The summed E-state index contributed by atoms with van der Waals surface area (Å²) in [5, 5.41) is 9.37. The molecule has 0 amide bonds. The van der Waals surface area contributed by atoms with Crippen molar-refractivity contribution in [2.24, 2.45) is 0 Å². The summed E-state index contributed by atoms with van der Waals surface area (Å²) in [5.74, 6) is -0.837. The van der Waals surface area contributed by atoms with E-state index in [0.29, 0.717) is 16.5 Å². The summed E-state index contributed by atoms with van der Waals surface area (Å²) in [7, 11) is 0. The molecule has 0 radical (unpaired) electrons. The third-order valence-corrected chi connectivity index (χ3v) is 2.50. The highest BCUT2D eigenvalue weighted by Gasteiger charge is 2.05. The Hall–Kier alpha value is -0.730. The van der Waals surface area contributed by atoms with Crippen molar-refractivity contribution < 1.29 is 9.90 Å². The van der Waals surface area contributed by atoms with Gasteiger partial charge in [0.25, 0.3) is 0 Å². The fourth-order valence-electron chi connectivity index (χ4n) is 0.983. The molecule has 1 aromatic carbocycles. The Balaban J connectivity index is 2.77. The maximum Gasteiger partial charge on any atom is 0.303 e. The van der Waals surface area contributed by atoms with Crippen LogP contribution in [-0.2, 0) is 11.2 Å². The largest absolute Gasteiger partial charge is 0.481 e. The summed E-state index contributed by atoms with van der Waals surface area (Å²) >= 11 is 11.6. The van der Waals surface area contributed by atoms with Crippen LogP contribution in [-0.4, -0.2) is 11.1 Å². The Morgan fingerprint density at radius 3 is 2.69 bits per heavy atom. The topological polar surface area (TPSA) is 37.3 Å². The van der Waals surface area contributed by atoms with Crippen LogP contribution in [0.15, 0.2) is 18.2 Å². The zero-order chi connectivity index (χ0) is 9.84. The molecular formula is C9H8Cl2O2. The van der Waals surface area contributed by atoms with E-state index in [-0.39, 0.29) is 6.42 Å². The standard InChI is InChI=1S/C9H8Cl2O2/c10-7-3-1-2-6(9(7)11)4-5-8(12)13/h1-3H,4-5H2,(H,12,13). The highest BCUT2D eigenvalue weighted by molar-refractivity contribution is 6.42. The Labute approximate surface area is 86.1 Å². The lowest BCUT2D eigenvalue weighted by atomic mass is 10.1. The minimum absolute atomic E-state index is 0.0695. The lowest BCUT2D eigenvalue weighted by Crippen LogP contribution is -1.97. The molecule has 0 saturated carbocycles. The first kappa shape index (κ1) is 10.4. The van der Waals surface area contributed by atoms with Crippen molar-refractivity contribution in [3.63, 3.8) is 0 Å². The Kier molecular flexibility index (Phi) is 3.58. The molecule has 0 heterocycles. The van der Waals surface area contributed by atoms with E-state index in [2.05, 4.69) is 0 Å². The molecule has 4 heteroatoms. The minimum atomic E-state index is -0.837. The zero-order valence-corrected chi connectivity index (χ0v) is 8.27. The molecule has 1 rings (SSSR count). The SMILES string of the molecule is O=C(O)CCc1cccc(Cl)c1Cl. The number of aryl methyl sites for hydroxylation is 1. The molecule has 0 bridgehead atoms. The third kappa shape index (κ3) is 2.90. The summed E-state index contributed by atoms with van der Waals surface area (Å²) < 4.78 is 0. The maximum absolute atomic E-state index is 10.3. The number of hydrogen-bond donors (Lipinski definition) is 1. The molecule has 0 atom stereocenters. The van der Waals surface area contributed by atoms with Crippen LogP contribution in [0.3, 0.4) is 0 Å². The number of carbonyl (C=O) groups is 1. The van der Waals surface area contributed by atoms with Crippen LogP contribution in [0.1, 0.15) is 12.0 Å². The van der Waals surface area contributed by atoms with Crippen molar-refractivity contribution in [1.29, 1.82) is 0 Å². The fourth-order valence-corrected chi connectivity index (χ4v) is 1.40. The average molecular weight is 219 g/mol. The van der Waals surface area contributed by atoms with Gasteiger partial charge in [-0.2, -0.15) is 0 Å². The number of hydrogen-bond acceptors (Lipinski definition) is 1. The normalized spacial score (nSPS) is 10.0. The molecule has 2 nitrogen and oxygen atoms in total. The minimum Gasteiger partial charge on any atom is -0.481 e. The summed E-state index contributed by atoms with van der Waals surface area (Å²) in [4.78, 5) is 10.3. The zero-order valence-electron chi connectivity index (χ0n) is 6.76. The van der Waals surface area contributed by atoms with Gasteiger partial charge in [-0.1, -0.05) is 35.3 Å². The summed E-state index contributed by atoms with van der Waals surface area (Å²) in [5.41, 5.74) is 0.775. The number of rotatable bonds is 3. The second kappa shape index (κ2) is 4.49. The van der Waals surface area contributed by atoms with Gasteiger partial charge in [0, 0.05) is 6.42 Å². The molecule has 1 aromatic rings. The van der Waals surface area contributed by atoms with Crippen LogP contribution in [0.25, 0.3) is 0 Å². The number of aliphatic carboxylic acids is 1. The van der Waals surface area contributed by atoms with Gasteiger partial charge in [0.1, 0.15) is 0 Å². The molecule has 0 saturated heterocycles. The molecule has 70 valence electrons. The van der Waals surface area contributed by atoms with Crippen molar-refractivity contribution in [3.8, 4) is 0 Å². The predicted molar refractivity (Wildman–Crippen MR) is 52.4 cm³/mol. The summed E-state index contributed by atoms with van der Waals surface area (Å²) in [6.07, 6.45) is 0.481. The van der Waals surface area contributed by atoms with Gasteiger partial charge in [0.15, 0.2) is 0 Å². The molecule has 13 heavy (non-hydrogen) atoms. The first-order valence-corrected chi connectivity index (χ1v) is 4.51. The van der Waals surface area contributed by atoms with Crippen molar-refractivity contribution >= 4 is 29.2 Å². The molecule has 0 aliphatic heterocycles. The molecule has 0 aliphatic rings. The van der Waals surface area contributed by atoms with Crippen LogP contribution in [0.2, 0.25) is 10.0 Å². The molecule has 0 aliphatic carbocycles. The Morgan fingerprint density at radius 1 is 1.38 bits per heavy atom. The lowest BCUT2D eigenvalue weighted by Gasteiger charge is -2.02. The lowest BCUT2D eigenvalue weighted by molar-refractivity contribution is -0.136. The molecule has 0 unspecified atom stereocenters. The van der Waals surface area contributed by atoms with E-state index in [9.17, 15) is 4.79 Å². The maximum atomic E-state index is 10.3. The van der Waals surface area contributed by atoms with Crippen molar-refractivity contribution in [2.45, 2.75) is 12.8 Å². The average Bonchev–Trinajstić information content (AvgIpc) is 2.07. The van der Waals surface area contributed by atoms with Gasteiger partial charge in [0.2, 0.25) is 0 Å². The van der Waals surface area contributed by atoms with Gasteiger partial charge in [0.05, 0.1) is 10.0 Å². The Bertz CT molecular complexity index is 323. The van der Waals surface area contributed by atoms with Gasteiger partial charge in [-0.25, -0.2) is 0 Å². The second-order valence-electron chi connectivity index (χ2n) is 2.61. The number of benzene rings is 1. The van der Waals surface area contributed by atoms with Crippen LogP contribution in [0.4, 0.5) is 0 Å². The Morgan fingerprint density at radius 2 is 2.08 bits per heavy atom. The molecule has 0 spiro atoms.